The van der Waals surface area contributed by atoms with Gasteiger partial charge >= 0.3 is 0 Å². The Bertz CT molecular complexity index is 458. The quantitative estimate of drug-likeness (QED) is 0.872. The van der Waals surface area contributed by atoms with Crippen LogP contribution in [0.4, 0.5) is 0 Å². The summed E-state index contributed by atoms with van der Waals surface area (Å²) >= 11 is 1.86. The maximum absolute atomic E-state index is 11.8. The molecule has 1 aromatic carbocycles. The predicted molar refractivity (Wildman–Crippen MR) is 81.4 cm³/mol. The number of para-hydroxylation sites is 1. The van der Waals surface area contributed by atoms with E-state index >= 15 is 0 Å². The second-order valence-electron chi connectivity index (χ2n) is 5.02. The molecule has 0 aliphatic carbocycles. The zero-order chi connectivity index (χ0) is 14.4. The average Bonchev–Trinajstić information content (AvgIpc) is 2.94. The second kappa shape index (κ2) is 6.99. The van der Waals surface area contributed by atoms with Gasteiger partial charge in [0, 0.05) is 19.4 Å². The average molecular weight is 295 g/mol. The third-order valence-corrected chi connectivity index (χ3v) is 4.78. The molecule has 0 aromatic heterocycles. The monoisotopic (exact) mass is 295 g/mol. The lowest BCUT2D eigenvalue weighted by atomic mass is 10.0. The minimum absolute atomic E-state index is 0.0395. The lowest BCUT2D eigenvalue weighted by molar-refractivity contribution is -0.124. The molecule has 1 saturated heterocycles. The van der Waals surface area contributed by atoms with Gasteiger partial charge in [-0.3, -0.25) is 4.79 Å². The summed E-state index contributed by atoms with van der Waals surface area (Å²) in [6, 6.07) is 7.67. The minimum Gasteiger partial charge on any atom is -0.484 e. The molecule has 5 heteroatoms. The summed E-state index contributed by atoms with van der Waals surface area (Å²) in [6.07, 6.45) is 0.979. The van der Waals surface area contributed by atoms with Crippen LogP contribution in [0.2, 0.25) is 0 Å². The number of carbonyl (C=O) groups is 1. The topological polar surface area (TPSA) is 47.6 Å². The molecule has 0 saturated carbocycles. The van der Waals surface area contributed by atoms with Gasteiger partial charge in [-0.2, -0.15) is 11.8 Å². The number of hydrogen-bond acceptors (Lipinski definition) is 4. The van der Waals surface area contributed by atoms with E-state index in [9.17, 15) is 4.79 Å². The Morgan fingerprint density at radius 1 is 1.45 bits per heavy atom. The highest BCUT2D eigenvalue weighted by molar-refractivity contribution is 7.99. The molecule has 0 spiro atoms. The molecule has 2 rings (SSSR count). The molecular weight excluding hydrogens is 274 g/mol. The van der Waals surface area contributed by atoms with Crippen molar-refractivity contribution >= 4 is 17.7 Å². The van der Waals surface area contributed by atoms with Crippen LogP contribution in [0.1, 0.15) is 12.0 Å². The van der Waals surface area contributed by atoms with Crippen LogP contribution in [0.3, 0.4) is 0 Å². The zero-order valence-electron chi connectivity index (χ0n) is 12.0. The molecule has 20 heavy (non-hydrogen) atoms. The highest BCUT2D eigenvalue weighted by Crippen LogP contribution is 2.30. The van der Waals surface area contributed by atoms with Gasteiger partial charge in [0.15, 0.2) is 6.61 Å². The number of thioether (sulfide) groups is 1. The van der Waals surface area contributed by atoms with E-state index in [1.54, 1.807) is 7.11 Å². The lowest BCUT2D eigenvalue weighted by Gasteiger charge is -2.26. The van der Waals surface area contributed by atoms with Crippen molar-refractivity contribution in [2.24, 2.45) is 0 Å². The van der Waals surface area contributed by atoms with Gasteiger partial charge in [0.05, 0.1) is 5.60 Å². The van der Waals surface area contributed by atoms with Crippen LogP contribution in [-0.2, 0) is 9.53 Å². The van der Waals surface area contributed by atoms with E-state index in [4.69, 9.17) is 9.47 Å². The van der Waals surface area contributed by atoms with Gasteiger partial charge < -0.3 is 14.8 Å². The molecule has 1 amide bonds. The van der Waals surface area contributed by atoms with Crippen LogP contribution in [0.5, 0.6) is 5.75 Å². The SMILES string of the molecule is COC1(CNC(=O)COc2ccccc2C)CCSC1. The minimum atomic E-state index is -0.205. The zero-order valence-corrected chi connectivity index (χ0v) is 12.8. The van der Waals surface area contributed by atoms with Crippen LogP contribution >= 0.6 is 11.8 Å². The molecule has 0 radical (unpaired) electrons. The van der Waals surface area contributed by atoms with E-state index in [0.29, 0.717) is 6.54 Å². The number of rotatable bonds is 6. The highest BCUT2D eigenvalue weighted by atomic mass is 32.2. The largest absolute Gasteiger partial charge is 0.484 e. The van der Waals surface area contributed by atoms with E-state index in [-0.39, 0.29) is 18.1 Å². The summed E-state index contributed by atoms with van der Waals surface area (Å²) in [7, 11) is 1.71. The van der Waals surface area contributed by atoms with E-state index in [1.807, 2.05) is 43.0 Å². The van der Waals surface area contributed by atoms with Crippen molar-refractivity contribution in [2.45, 2.75) is 18.9 Å². The van der Waals surface area contributed by atoms with E-state index < -0.39 is 0 Å². The molecule has 0 bridgehead atoms. The first-order valence-corrected chi connectivity index (χ1v) is 7.89. The van der Waals surface area contributed by atoms with E-state index in [2.05, 4.69) is 5.32 Å². The van der Waals surface area contributed by atoms with Crippen molar-refractivity contribution in [3.05, 3.63) is 29.8 Å². The number of hydrogen-bond donors (Lipinski definition) is 1. The molecule has 110 valence electrons. The first kappa shape index (κ1) is 15.2. The number of carbonyl (C=O) groups excluding carboxylic acids is 1. The normalized spacial score (nSPS) is 21.7. The number of methoxy groups -OCH3 is 1. The molecule has 1 unspecified atom stereocenters. The Kier molecular flexibility index (Phi) is 5.31. The Morgan fingerprint density at radius 3 is 2.90 bits per heavy atom. The first-order valence-electron chi connectivity index (χ1n) is 6.73. The Labute approximate surface area is 124 Å². The van der Waals surface area contributed by atoms with Crippen molar-refractivity contribution in [1.29, 1.82) is 0 Å². The fourth-order valence-electron chi connectivity index (χ4n) is 2.13. The fraction of sp³-hybridized carbons (Fsp3) is 0.533. The van der Waals surface area contributed by atoms with Crippen molar-refractivity contribution in [3.8, 4) is 5.75 Å². The molecule has 1 aliphatic rings. The Balaban J connectivity index is 1.77. The van der Waals surface area contributed by atoms with Gasteiger partial charge in [-0.25, -0.2) is 0 Å². The third kappa shape index (κ3) is 3.90. The van der Waals surface area contributed by atoms with Gasteiger partial charge in [0.2, 0.25) is 0 Å². The van der Waals surface area contributed by atoms with Crippen LogP contribution in [0.15, 0.2) is 24.3 Å². The summed E-state index contributed by atoms with van der Waals surface area (Å²) in [5, 5.41) is 2.90. The summed E-state index contributed by atoms with van der Waals surface area (Å²) in [5.74, 6) is 2.66. The van der Waals surface area contributed by atoms with Gasteiger partial charge in [0.1, 0.15) is 5.75 Å². The van der Waals surface area contributed by atoms with Crippen LogP contribution in [-0.4, -0.2) is 43.3 Å². The summed E-state index contributed by atoms with van der Waals surface area (Å²) < 4.78 is 11.1. The Morgan fingerprint density at radius 2 is 2.25 bits per heavy atom. The van der Waals surface area contributed by atoms with Crippen molar-refractivity contribution in [2.75, 3.05) is 31.8 Å². The number of benzene rings is 1. The van der Waals surface area contributed by atoms with Crippen LogP contribution in [0, 0.1) is 6.92 Å². The fourth-order valence-corrected chi connectivity index (χ4v) is 3.53. The predicted octanol–water partition coefficient (Wildman–Crippen LogP) is 2.01. The molecule has 1 N–H and O–H groups in total. The van der Waals surface area contributed by atoms with Gasteiger partial charge in [-0.15, -0.1) is 0 Å². The number of nitrogens with one attached hydrogen (secondary N) is 1. The second-order valence-corrected chi connectivity index (χ2v) is 6.13. The molecule has 1 aromatic rings. The van der Waals surface area contributed by atoms with Crippen molar-refractivity contribution in [3.63, 3.8) is 0 Å². The van der Waals surface area contributed by atoms with Crippen LogP contribution < -0.4 is 10.1 Å². The number of aryl methyl sites for hydroxylation is 1. The van der Waals surface area contributed by atoms with Gasteiger partial charge in [-0.1, -0.05) is 18.2 Å². The number of ether oxygens (including phenoxy) is 2. The molecule has 4 nitrogen and oxygen atoms in total. The maximum Gasteiger partial charge on any atom is 0.258 e. The molecule has 1 fully saturated rings. The van der Waals surface area contributed by atoms with Crippen molar-refractivity contribution < 1.29 is 14.3 Å². The molecule has 1 atom stereocenters. The highest BCUT2D eigenvalue weighted by Gasteiger charge is 2.34. The smallest absolute Gasteiger partial charge is 0.258 e. The lowest BCUT2D eigenvalue weighted by Crippen LogP contribution is -2.45. The third-order valence-electron chi connectivity index (χ3n) is 3.56. The standard InChI is InChI=1S/C15H21NO3S/c1-12-5-3-4-6-13(12)19-9-14(17)16-10-15(18-2)7-8-20-11-15/h3-6H,7-11H2,1-2H3,(H,16,17). The number of amides is 1. The summed E-state index contributed by atoms with van der Waals surface area (Å²) in [6.45, 7) is 2.55. The van der Waals surface area contributed by atoms with Gasteiger partial charge in [0.25, 0.3) is 5.91 Å². The van der Waals surface area contributed by atoms with E-state index in [0.717, 1.165) is 29.2 Å². The van der Waals surface area contributed by atoms with E-state index in [1.165, 1.54) is 0 Å². The first-order chi connectivity index (χ1) is 9.65. The van der Waals surface area contributed by atoms with Gasteiger partial charge in [-0.05, 0) is 30.7 Å². The molecule has 1 heterocycles. The molecular formula is C15H21NO3S. The Hall–Kier alpha value is -1.20. The summed E-state index contributed by atoms with van der Waals surface area (Å²) in [5.41, 5.74) is 0.823. The summed E-state index contributed by atoms with van der Waals surface area (Å²) in [4.78, 5) is 11.8. The maximum atomic E-state index is 11.8. The molecule has 1 aliphatic heterocycles. The van der Waals surface area contributed by atoms with Crippen molar-refractivity contribution in [1.82, 2.24) is 5.32 Å². The van der Waals surface area contributed by atoms with Crippen LogP contribution in [0.25, 0.3) is 0 Å².